The van der Waals surface area contributed by atoms with Gasteiger partial charge < -0.3 is 9.84 Å². The Morgan fingerprint density at radius 3 is 2.54 bits per heavy atom. The maximum Gasteiger partial charge on any atom is 0.285 e. The molecule has 3 aromatic rings. The molecule has 0 saturated heterocycles. The summed E-state index contributed by atoms with van der Waals surface area (Å²) in [5, 5.41) is 7.23. The van der Waals surface area contributed by atoms with E-state index in [1.54, 1.807) is 0 Å². The molecule has 2 aromatic heterocycles. The van der Waals surface area contributed by atoms with Crippen molar-refractivity contribution in [1.82, 2.24) is 9.11 Å². The highest BCUT2D eigenvalue weighted by atomic mass is 32.1. The number of aryl methyl sites for hydroxylation is 1. The normalized spacial score (nSPS) is 11.7. The number of benzene rings is 1. The number of anilines is 1. The molecular formula is C18H21N3O2S. The molecule has 0 aliphatic rings. The molecule has 0 amide bonds. The van der Waals surface area contributed by atoms with Crippen LogP contribution in [0.2, 0.25) is 0 Å². The van der Waals surface area contributed by atoms with E-state index in [-0.39, 0.29) is 11.1 Å². The van der Waals surface area contributed by atoms with Gasteiger partial charge in [0.05, 0.1) is 17.0 Å². The third-order valence-corrected chi connectivity index (χ3v) is 5.09. The molecule has 6 heteroatoms. The zero-order valence-electron chi connectivity index (χ0n) is 14.3. The van der Waals surface area contributed by atoms with Gasteiger partial charge in [-0.05, 0) is 33.3 Å². The summed E-state index contributed by atoms with van der Waals surface area (Å²) in [5.74, 6) is 0.757. The van der Waals surface area contributed by atoms with Crippen molar-refractivity contribution in [3.8, 4) is 10.4 Å². The third kappa shape index (κ3) is 3.28. The molecule has 0 atom stereocenters. The summed E-state index contributed by atoms with van der Waals surface area (Å²) in [6, 6.07) is 11.8. The van der Waals surface area contributed by atoms with Gasteiger partial charge in [-0.3, -0.25) is 8.75 Å². The number of aromatic nitrogens is 2. The Kier molecular flexibility index (Phi) is 4.32. The number of nitrogens with one attached hydrogen (secondary N) is 1. The number of rotatable bonds is 4. The van der Waals surface area contributed by atoms with Gasteiger partial charge >= 0.3 is 0 Å². The van der Waals surface area contributed by atoms with Crippen LogP contribution in [0.15, 0.2) is 45.7 Å². The van der Waals surface area contributed by atoms with Crippen LogP contribution < -0.4 is 10.9 Å². The fourth-order valence-electron chi connectivity index (χ4n) is 2.44. The van der Waals surface area contributed by atoms with Crippen LogP contribution in [0.3, 0.4) is 0 Å². The Hall–Kier alpha value is -2.34. The second kappa shape index (κ2) is 6.28. The van der Waals surface area contributed by atoms with Crippen LogP contribution in [0.25, 0.3) is 10.4 Å². The summed E-state index contributed by atoms with van der Waals surface area (Å²) in [6.07, 6.45) is 0. The first kappa shape index (κ1) is 16.5. The van der Waals surface area contributed by atoms with Gasteiger partial charge in [0.2, 0.25) is 0 Å². The SMILES string of the molecule is Cc1cc(CNc2c(-c3ccccc3)sn(C(C)(C)C)c2=O)no1. The molecule has 24 heavy (non-hydrogen) atoms. The topological polar surface area (TPSA) is 60.1 Å². The molecule has 0 aliphatic heterocycles. The van der Waals surface area contributed by atoms with Crippen molar-refractivity contribution < 1.29 is 4.52 Å². The Bertz CT molecular complexity index is 885. The highest BCUT2D eigenvalue weighted by Crippen LogP contribution is 2.33. The van der Waals surface area contributed by atoms with Crippen molar-refractivity contribution in [2.75, 3.05) is 5.32 Å². The lowest BCUT2D eigenvalue weighted by Crippen LogP contribution is -2.30. The summed E-state index contributed by atoms with van der Waals surface area (Å²) in [6.45, 7) is 8.40. The van der Waals surface area contributed by atoms with Crippen molar-refractivity contribution in [3.05, 3.63) is 58.2 Å². The highest BCUT2D eigenvalue weighted by Gasteiger charge is 2.23. The Morgan fingerprint density at radius 1 is 1.25 bits per heavy atom. The molecule has 0 fully saturated rings. The molecule has 0 bridgehead atoms. The second-order valence-electron chi connectivity index (χ2n) is 6.71. The lowest BCUT2D eigenvalue weighted by Gasteiger charge is -2.18. The predicted molar refractivity (Wildman–Crippen MR) is 97.6 cm³/mol. The first-order valence-electron chi connectivity index (χ1n) is 7.84. The van der Waals surface area contributed by atoms with Gasteiger partial charge in [-0.1, -0.05) is 47.0 Å². The highest BCUT2D eigenvalue weighted by molar-refractivity contribution is 7.11. The van der Waals surface area contributed by atoms with E-state index in [9.17, 15) is 4.79 Å². The number of hydrogen-bond donors (Lipinski definition) is 1. The fourth-order valence-corrected chi connectivity index (χ4v) is 3.56. The standard InChI is InChI=1S/C18H21N3O2S/c1-12-10-14(20-23-12)11-19-15-16(13-8-6-5-7-9-13)24-21(17(15)22)18(2,3)4/h5-10,19H,11H2,1-4H3. The molecule has 0 saturated carbocycles. The summed E-state index contributed by atoms with van der Waals surface area (Å²) < 4.78 is 6.90. The van der Waals surface area contributed by atoms with E-state index in [1.807, 2.05) is 68.0 Å². The zero-order valence-corrected chi connectivity index (χ0v) is 15.1. The van der Waals surface area contributed by atoms with Gasteiger partial charge in [0, 0.05) is 6.07 Å². The quantitative estimate of drug-likeness (QED) is 0.770. The average molecular weight is 343 g/mol. The summed E-state index contributed by atoms with van der Waals surface area (Å²) in [5.41, 5.74) is 2.14. The minimum atomic E-state index is -0.268. The van der Waals surface area contributed by atoms with Crippen molar-refractivity contribution >= 4 is 17.2 Å². The van der Waals surface area contributed by atoms with Crippen LogP contribution in [0.4, 0.5) is 5.69 Å². The van der Waals surface area contributed by atoms with Crippen molar-refractivity contribution in [2.45, 2.75) is 39.8 Å². The molecule has 1 aromatic carbocycles. The lowest BCUT2D eigenvalue weighted by molar-refractivity contribution is 0.391. The predicted octanol–water partition coefficient (Wildman–Crippen LogP) is 4.24. The molecule has 0 radical (unpaired) electrons. The summed E-state index contributed by atoms with van der Waals surface area (Å²) >= 11 is 1.48. The van der Waals surface area contributed by atoms with Gasteiger partial charge in [0.15, 0.2) is 0 Å². The smallest absolute Gasteiger partial charge is 0.285 e. The van der Waals surface area contributed by atoms with E-state index in [0.717, 1.165) is 21.9 Å². The van der Waals surface area contributed by atoms with Gasteiger partial charge in [-0.2, -0.15) is 0 Å². The molecule has 1 N–H and O–H groups in total. The molecule has 5 nitrogen and oxygen atoms in total. The molecule has 126 valence electrons. The number of nitrogens with zero attached hydrogens (tertiary/aromatic N) is 2. The molecule has 0 spiro atoms. The van der Waals surface area contributed by atoms with Crippen molar-refractivity contribution in [1.29, 1.82) is 0 Å². The van der Waals surface area contributed by atoms with Gasteiger partial charge in [0.25, 0.3) is 5.56 Å². The van der Waals surface area contributed by atoms with Gasteiger partial charge in [-0.15, -0.1) is 0 Å². The van der Waals surface area contributed by atoms with E-state index in [2.05, 4.69) is 10.5 Å². The van der Waals surface area contributed by atoms with Crippen molar-refractivity contribution in [3.63, 3.8) is 0 Å². The Balaban J connectivity index is 2.02. The minimum absolute atomic E-state index is 0.00781. The monoisotopic (exact) mass is 343 g/mol. The first-order chi connectivity index (χ1) is 11.4. The molecular weight excluding hydrogens is 322 g/mol. The van der Waals surface area contributed by atoms with Crippen LogP contribution in [0.1, 0.15) is 32.2 Å². The van der Waals surface area contributed by atoms with Crippen LogP contribution in [0, 0.1) is 6.92 Å². The molecule has 3 rings (SSSR count). The third-order valence-electron chi connectivity index (χ3n) is 3.58. The summed E-state index contributed by atoms with van der Waals surface area (Å²) in [4.78, 5) is 13.8. The minimum Gasteiger partial charge on any atom is -0.374 e. The van der Waals surface area contributed by atoms with E-state index in [0.29, 0.717) is 12.2 Å². The maximum absolute atomic E-state index is 12.9. The Labute approximate surface area is 145 Å². The van der Waals surface area contributed by atoms with Gasteiger partial charge in [-0.25, -0.2) is 0 Å². The average Bonchev–Trinajstić information content (AvgIpc) is 3.09. The zero-order chi connectivity index (χ0) is 17.3. The number of hydrogen-bond acceptors (Lipinski definition) is 5. The molecule has 0 aliphatic carbocycles. The molecule has 2 heterocycles. The van der Waals surface area contributed by atoms with Crippen LogP contribution in [0.5, 0.6) is 0 Å². The van der Waals surface area contributed by atoms with E-state index < -0.39 is 0 Å². The lowest BCUT2D eigenvalue weighted by atomic mass is 10.1. The fraction of sp³-hybridized carbons (Fsp3) is 0.333. The van der Waals surface area contributed by atoms with E-state index >= 15 is 0 Å². The maximum atomic E-state index is 12.9. The Morgan fingerprint density at radius 2 is 1.96 bits per heavy atom. The van der Waals surface area contributed by atoms with Crippen LogP contribution >= 0.6 is 11.5 Å². The second-order valence-corrected chi connectivity index (χ2v) is 7.67. The molecule has 0 unspecified atom stereocenters. The van der Waals surface area contributed by atoms with Crippen LogP contribution in [-0.4, -0.2) is 9.11 Å². The van der Waals surface area contributed by atoms with E-state index in [4.69, 9.17) is 4.52 Å². The first-order valence-corrected chi connectivity index (χ1v) is 8.62. The van der Waals surface area contributed by atoms with E-state index in [1.165, 1.54) is 11.5 Å². The summed E-state index contributed by atoms with van der Waals surface area (Å²) in [7, 11) is 0. The largest absolute Gasteiger partial charge is 0.374 e. The van der Waals surface area contributed by atoms with Crippen LogP contribution in [-0.2, 0) is 12.1 Å². The van der Waals surface area contributed by atoms with Crippen molar-refractivity contribution in [2.24, 2.45) is 0 Å². The van der Waals surface area contributed by atoms with Gasteiger partial charge in [0.1, 0.15) is 17.1 Å².